The highest BCUT2D eigenvalue weighted by atomic mass is 16.5. The van der Waals surface area contributed by atoms with Gasteiger partial charge in [-0.3, -0.25) is 4.98 Å². The third-order valence-corrected chi connectivity index (χ3v) is 2.85. The number of carbonyl (C=O) groups excluding carboxylic acids is 2. The number of hydrogen-bond acceptors (Lipinski definition) is 7. The van der Waals surface area contributed by atoms with Crippen molar-refractivity contribution in [3.05, 3.63) is 60.6 Å². The Bertz CT molecular complexity index is 744. The fraction of sp³-hybridized carbons (Fsp3) is 0.118. The summed E-state index contributed by atoms with van der Waals surface area (Å²) >= 11 is 0. The van der Waals surface area contributed by atoms with Crippen LogP contribution in [0.5, 0.6) is 11.5 Å². The van der Waals surface area contributed by atoms with Crippen molar-refractivity contribution in [2.24, 2.45) is 0 Å². The van der Waals surface area contributed by atoms with E-state index in [1.807, 2.05) is 0 Å². The van der Waals surface area contributed by atoms with Crippen LogP contribution in [0.15, 0.2) is 60.6 Å². The molecule has 1 N–H and O–H groups in total. The summed E-state index contributed by atoms with van der Waals surface area (Å²) in [6, 6.07) is 10.4. The Kier molecular flexibility index (Phi) is 5.90. The van der Waals surface area contributed by atoms with Crippen LogP contribution in [0.3, 0.4) is 0 Å². The van der Waals surface area contributed by atoms with E-state index >= 15 is 0 Å². The van der Waals surface area contributed by atoms with Crippen LogP contribution in [-0.2, 0) is 19.1 Å². The van der Waals surface area contributed by atoms with E-state index in [1.54, 1.807) is 48.8 Å². The highest BCUT2D eigenvalue weighted by Crippen LogP contribution is 2.24. The average Bonchev–Trinajstić information content (AvgIpc) is 2.61. The second-order valence-corrected chi connectivity index (χ2v) is 4.52. The Hall–Kier alpha value is -3.35. The number of esters is 2. The van der Waals surface area contributed by atoms with Gasteiger partial charge in [-0.05, 0) is 24.3 Å². The standard InChI is InChI=1S/C17H16N2O5/c1-22-16(20)10-15(17(21)23-2)19-12-5-3-6-13(9-12)24-14-7-4-8-18-11-14/h3-11,19H,1-2H3/b15-10+. The number of hydrogen-bond donors (Lipinski definition) is 1. The first-order valence-corrected chi connectivity index (χ1v) is 6.95. The minimum Gasteiger partial charge on any atom is -0.466 e. The van der Waals surface area contributed by atoms with Crippen molar-refractivity contribution < 1.29 is 23.8 Å². The average molecular weight is 328 g/mol. The summed E-state index contributed by atoms with van der Waals surface area (Å²) in [7, 11) is 2.44. The number of anilines is 1. The lowest BCUT2D eigenvalue weighted by molar-refractivity contribution is -0.138. The van der Waals surface area contributed by atoms with Crippen LogP contribution in [0.25, 0.3) is 0 Å². The summed E-state index contributed by atoms with van der Waals surface area (Å²) in [6.45, 7) is 0. The number of nitrogens with zero attached hydrogens (tertiary/aromatic N) is 1. The van der Waals surface area contributed by atoms with Gasteiger partial charge in [-0.2, -0.15) is 0 Å². The molecule has 24 heavy (non-hydrogen) atoms. The molecule has 0 atom stereocenters. The molecule has 2 aromatic rings. The molecule has 0 saturated heterocycles. The predicted molar refractivity (Wildman–Crippen MR) is 86.5 cm³/mol. The molecule has 0 aliphatic heterocycles. The summed E-state index contributed by atoms with van der Waals surface area (Å²) in [5.74, 6) is -0.257. The molecule has 124 valence electrons. The molecule has 0 bridgehead atoms. The molecular formula is C17H16N2O5. The molecule has 0 saturated carbocycles. The molecule has 1 aromatic heterocycles. The molecule has 1 heterocycles. The molecule has 0 aliphatic rings. The van der Waals surface area contributed by atoms with Gasteiger partial charge < -0.3 is 19.5 Å². The van der Waals surface area contributed by atoms with E-state index in [-0.39, 0.29) is 5.70 Å². The van der Waals surface area contributed by atoms with Gasteiger partial charge in [-0.25, -0.2) is 9.59 Å². The summed E-state index contributed by atoms with van der Waals surface area (Å²) in [5.41, 5.74) is 0.486. The molecular weight excluding hydrogens is 312 g/mol. The highest BCUT2D eigenvalue weighted by molar-refractivity contribution is 5.98. The van der Waals surface area contributed by atoms with Crippen molar-refractivity contribution in [2.45, 2.75) is 0 Å². The van der Waals surface area contributed by atoms with Gasteiger partial charge in [0, 0.05) is 18.0 Å². The maximum absolute atomic E-state index is 11.7. The third-order valence-electron chi connectivity index (χ3n) is 2.85. The molecule has 0 aliphatic carbocycles. The van der Waals surface area contributed by atoms with Crippen LogP contribution >= 0.6 is 0 Å². The minimum absolute atomic E-state index is 0.0529. The fourth-order valence-corrected chi connectivity index (χ4v) is 1.77. The van der Waals surface area contributed by atoms with E-state index in [0.29, 0.717) is 17.2 Å². The molecule has 0 unspecified atom stereocenters. The van der Waals surface area contributed by atoms with Crippen molar-refractivity contribution in [3.63, 3.8) is 0 Å². The second kappa shape index (κ2) is 8.33. The van der Waals surface area contributed by atoms with E-state index in [4.69, 9.17) is 4.74 Å². The van der Waals surface area contributed by atoms with Crippen LogP contribution in [0.4, 0.5) is 5.69 Å². The predicted octanol–water partition coefficient (Wildman–Crippen LogP) is 2.52. The first-order valence-electron chi connectivity index (χ1n) is 6.95. The largest absolute Gasteiger partial charge is 0.466 e. The second-order valence-electron chi connectivity index (χ2n) is 4.52. The number of aromatic nitrogens is 1. The summed E-state index contributed by atoms with van der Waals surface area (Å²) < 4.78 is 14.8. The minimum atomic E-state index is -0.695. The Morgan fingerprint density at radius 2 is 1.88 bits per heavy atom. The SMILES string of the molecule is COC(=O)/C=C(/Nc1cccc(Oc2cccnc2)c1)C(=O)OC. The summed E-state index contributed by atoms with van der Waals surface area (Å²) in [4.78, 5) is 27.1. The number of nitrogens with one attached hydrogen (secondary N) is 1. The maximum atomic E-state index is 11.7. The Morgan fingerprint density at radius 1 is 1.08 bits per heavy atom. The number of ether oxygens (including phenoxy) is 3. The molecule has 1 aromatic carbocycles. The number of rotatable bonds is 6. The summed E-state index contributed by atoms with van der Waals surface area (Å²) in [6.07, 6.45) is 4.24. The zero-order valence-corrected chi connectivity index (χ0v) is 13.2. The van der Waals surface area contributed by atoms with Gasteiger partial charge in [-0.15, -0.1) is 0 Å². The zero-order valence-electron chi connectivity index (χ0n) is 13.2. The maximum Gasteiger partial charge on any atom is 0.354 e. The highest BCUT2D eigenvalue weighted by Gasteiger charge is 2.13. The zero-order chi connectivity index (χ0) is 17.4. The fourth-order valence-electron chi connectivity index (χ4n) is 1.77. The Morgan fingerprint density at radius 3 is 2.54 bits per heavy atom. The lowest BCUT2D eigenvalue weighted by Crippen LogP contribution is -2.15. The Labute approximate surface area is 138 Å². The van der Waals surface area contributed by atoms with Crippen LogP contribution in [0, 0.1) is 0 Å². The Balaban J connectivity index is 2.19. The lowest BCUT2D eigenvalue weighted by Gasteiger charge is -2.11. The quantitative estimate of drug-likeness (QED) is 0.644. The number of methoxy groups -OCH3 is 2. The van der Waals surface area contributed by atoms with Crippen molar-refractivity contribution in [3.8, 4) is 11.5 Å². The first kappa shape index (κ1) is 17.0. The van der Waals surface area contributed by atoms with Crippen LogP contribution in [0.1, 0.15) is 0 Å². The third kappa shape index (κ3) is 4.84. The topological polar surface area (TPSA) is 86.8 Å². The van der Waals surface area contributed by atoms with E-state index in [9.17, 15) is 9.59 Å². The monoisotopic (exact) mass is 328 g/mol. The van der Waals surface area contributed by atoms with Gasteiger partial charge in [0.2, 0.25) is 0 Å². The van der Waals surface area contributed by atoms with Crippen molar-refractivity contribution in [2.75, 3.05) is 19.5 Å². The normalized spacial score (nSPS) is 10.7. The summed E-state index contributed by atoms with van der Waals surface area (Å²) in [5, 5.41) is 2.81. The molecule has 7 heteroatoms. The van der Waals surface area contributed by atoms with Gasteiger partial charge in [-0.1, -0.05) is 6.07 Å². The van der Waals surface area contributed by atoms with Crippen molar-refractivity contribution >= 4 is 17.6 Å². The van der Waals surface area contributed by atoms with Crippen LogP contribution in [0.2, 0.25) is 0 Å². The van der Waals surface area contributed by atoms with E-state index in [0.717, 1.165) is 6.08 Å². The van der Waals surface area contributed by atoms with Crippen LogP contribution in [-0.4, -0.2) is 31.1 Å². The molecule has 0 amide bonds. The lowest BCUT2D eigenvalue weighted by atomic mass is 10.2. The van der Waals surface area contributed by atoms with E-state index < -0.39 is 11.9 Å². The van der Waals surface area contributed by atoms with E-state index in [1.165, 1.54) is 14.2 Å². The van der Waals surface area contributed by atoms with Gasteiger partial charge in [0.15, 0.2) is 0 Å². The molecule has 2 rings (SSSR count). The smallest absolute Gasteiger partial charge is 0.354 e. The van der Waals surface area contributed by atoms with Gasteiger partial charge in [0.05, 0.1) is 26.5 Å². The van der Waals surface area contributed by atoms with E-state index in [2.05, 4.69) is 19.8 Å². The number of benzene rings is 1. The molecule has 7 nitrogen and oxygen atoms in total. The van der Waals surface area contributed by atoms with Gasteiger partial charge in [0.25, 0.3) is 0 Å². The number of carbonyl (C=O) groups is 2. The van der Waals surface area contributed by atoms with Crippen molar-refractivity contribution in [1.82, 2.24) is 4.98 Å². The van der Waals surface area contributed by atoms with Crippen molar-refractivity contribution in [1.29, 1.82) is 0 Å². The van der Waals surface area contributed by atoms with Crippen LogP contribution < -0.4 is 10.1 Å². The molecule has 0 fully saturated rings. The van der Waals surface area contributed by atoms with Gasteiger partial charge in [0.1, 0.15) is 17.2 Å². The first-order chi connectivity index (χ1) is 11.6. The molecule has 0 spiro atoms. The molecule has 0 radical (unpaired) electrons. The van der Waals surface area contributed by atoms with Gasteiger partial charge >= 0.3 is 11.9 Å². The number of pyridine rings is 1.